The molecular formula is C19H23NO. The smallest absolute Gasteiger partial charge is 0.119 e. The minimum atomic E-state index is 0.536. The average molecular weight is 281 g/mol. The van der Waals surface area contributed by atoms with E-state index in [1.54, 1.807) is 0 Å². The number of ether oxygens (including phenoxy) is 1. The predicted molar refractivity (Wildman–Crippen MR) is 87.8 cm³/mol. The van der Waals surface area contributed by atoms with Crippen LogP contribution in [0.1, 0.15) is 37.4 Å². The molecule has 2 aromatic carbocycles. The zero-order valence-corrected chi connectivity index (χ0v) is 12.9. The van der Waals surface area contributed by atoms with Crippen molar-refractivity contribution in [3.8, 4) is 16.9 Å². The number of hydrogen-bond acceptors (Lipinski definition) is 2. The van der Waals surface area contributed by atoms with E-state index in [-0.39, 0.29) is 0 Å². The minimum Gasteiger partial charge on any atom is -0.494 e. The van der Waals surface area contributed by atoms with Crippen molar-refractivity contribution in [3.63, 3.8) is 0 Å². The zero-order valence-electron chi connectivity index (χ0n) is 12.9. The fourth-order valence-corrected chi connectivity index (χ4v) is 3.19. The Morgan fingerprint density at radius 3 is 2.76 bits per heavy atom. The molecule has 0 heterocycles. The van der Waals surface area contributed by atoms with Gasteiger partial charge in [-0.05, 0) is 60.7 Å². The van der Waals surface area contributed by atoms with Crippen molar-refractivity contribution in [1.82, 2.24) is 5.32 Å². The second-order valence-electron chi connectivity index (χ2n) is 5.52. The molecule has 2 heteroatoms. The Bertz CT molecular complexity index is 621. The van der Waals surface area contributed by atoms with E-state index in [2.05, 4.69) is 48.6 Å². The topological polar surface area (TPSA) is 21.3 Å². The maximum Gasteiger partial charge on any atom is 0.119 e. The quantitative estimate of drug-likeness (QED) is 0.879. The molecule has 2 nitrogen and oxygen atoms in total. The van der Waals surface area contributed by atoms with Crippen LogP contribution in [0.15, 0.2) is 42.5 Å². The Labute approximate surface area is 127 Å². The molecule has 0 bridgehead atoms. The highest BCUT2D eigenvalue weighted by molar-refractivity contribution is 5.67. The van der Waals surface area contributed by atoms with E-state index in [0.29, 0.717) is 12.6 Å². The highest BCUT2D eigenvalue weighted by Crippen LogP contribution is 2.34. The highest BCUT2D eigenvalue weighted by Gasteiger charge is 2.21. The van der Waals surface area contributed by atoms with Crippen molar-refractivity contribution >= 4 is 0 Å². The molecule has 0 aliphatic heterocycles. The van der Waals surface area contributed by atoms with Gasteiger partial charge in [0.1, 0.15) is 5.75 Å². The summed E-state index contributed by atoms with van der Waals surface area (Å²) in [5, 5.41) is 3.57. The van der Waals surface area contributed by atoms with Crippen molar-refractivity contribution in [2.24, 2.45) is 0 Å². The highest BCUT2D eigenvalue weighted by atomic mass is 16.5. The van der Waals surface area contributed by atoms with Crippen molar-refractivity contribution in [2.75, 3.05) is 13.2 Å². The van der Waals surface area contributed by atoms with E-state index in [1.165, 1.54) is 35.1 Å². The molecule has 1 atom stereocenters. The van der Waals surface area contributed by atoms with Gasteiger partial charge >= 0.3 is 0 Å². The molecule has 0 saturated carbocycles. The summed E-state index contributed by atoms with van der Waals surface area (Å²) in [5.74, 6) is 0.945. The predicted octanol–water partition coefficient (Wildman–Crippen LogP) is 4.35. The lowest BCUT2D eigenvalue weighted by molar-refractivity contribution is 0.340. The maximum atomic E-state index is 5.60. The Morgan fingerprint density at radius 1 is 1.10 bits per heavy atom. The standard InChI is InChI=1S/C19H23NO/c1-3-20-19-11-9-16-12-15(8-10-18(16)19)14-6-5-7-17(13-14)21-4-2/h5-8,10,12-13,19-20H,3-4,9,11H2,1-2H3. The van der Waals surface area contributed by atoms with Crippen LogP contribution in [0.3, 0.4) is 0 Å². The fourth-order valence-electron chi connectivity index (χ4n) is 3.19. The molecule has 1 aliphatic rings. The van der Waals surface area contributed by atoms with Gasteiger partial charge in [0.05, 0.1) is 6.61 Å². The summed E-state index contributed by atoms with van der Waals surface area (Å²) in [5.41, 5.74) is 5.48. The first-order valence-corrected chi connectivity index (χ1v) is 7.91. The van der Waals surface area contributed by atoms with Crippen LogP contribution in [-0.4, -0.2) is 13.2 Å². The molecule has 3 rings (SSSR count). The molecule has 2 aromatic rings. The summed E-state index contributed by atoms with van der Waals surface area (Å²) in [7, 11) is 0. The number of benzene rings is 2. The Hall–Kier alpha value is -1.80. The normalized spacial score (nSPS) is 16.8. The molecule has 0 saturated heterocycles. The van der Waals surface area contributed by atoms with Crippen LogP contribution in [-0.2, 0) is 6.42 Å². The Kier molecular flexibility index (Phi) is 4.26. The van der Waals surface area contributed by atoms with E-state index in [4.69, 9.17) is 4.74 Å². The van der Waals surface area contributed by atoms with E-state index < -0.39 is 0 Å². The van der Waals surface area contributed by atoms with Crippen LogP contribution in [0, 0.1) is 0 Å². The minimum absolute atomic E-state index is 0.536. The molecule has 0 radical (unpaired) electrons. The molecule has 0 fully saturated rings. The summed E-state index contributed by atoms with van der Waals surface area (Å²) >= 11 is 0. The summed E-state index contributed by atoms with van der Waals surface area (Å²) in [6, 6.07) is 15.8. The van der Waals surface area contributed by atoms with Gasteiger partial charge in [0.2, 0.25) is 0 Å². The molecule has 21 heavy (non-hydrogen) atoms. The fraction of sp³-hybridized carbons (Fsp3) is 0.368. The summed E-state index contributed by atoms with van der Waals surface area (Å²) in [6.07, 6.45) is 2.39. The van der Waals surface area contributed by atoms with E-state index in [9.17, 15) is 0 Å². The summed E-state index contributed by atoms with van der Waals surface area (Å²) in [4.78, 5) is 0. The molecule has 1 unspecified atom stereocenters. The van der Waals surface area contributed by atoms with E-state index in [0.717, 1.165) is 12.3 Å². The molecule has 1 aliphatic carbocycles. The van der Waals surface area contributed by atoms with Crippen molar-refractivity contribution in [3.05, 3.63) is 53.6 Å². The molecular weight excluding hydrogens is 258 g/mol. The van der Waals surface area contributed by atoms with Crippen molar-refractivity contribution < 1.29 is 4.74 Å². The van der Waals surface area contributed by atoms with Gasteiger partial charge in [-0.15, -0.1) is 0 Å². The van der Waals surface area contributed by atoms with Gasteiger partial charge in [-0.2, -0.15) is 0 Å². The molecule has 0 spiro atoms. The van der Waals surface area contributed by atoms with Crippen LogP contribution in [0.5, 0.6) is 5.75 Å². The van der Waals surface area contributed by atoms with Gasteiger partial charge in [-0.25, -0.2) is 0 Å². The summed E-state index contributed by atoms with van der Waals surface area (Å²) < 4.78 is 5.60. The monoisotopic (exact) mass is 281 g/mol. The molecule has 0 amide bonds. The van der Waals surface area contributed by atoms with Gasteiger partial charge in [-0.1, -0.05) is 37.3 Å². The van der Waals surface area contributed by atoms with Crippen LogP contribution in [0.4, 0.5) is 0 Å². The first kappa shape index (κ1) is 14.2. The van der Waals surface area contributed by atoms with Crippen molar-refractivity contribution in [2.45, 2.75) is 32.7 Å². The molecule has 1 N–H and O–H groups in total. The summed E-state index contributed by atoms with van der Waals surface area (Å²) in [6.45, 7) is 5.93. The first-order chi connectivity index (χ1) is 10.3. The maximum absolute atomic E-state index is 5.60. The van der Waals surface area contributed by atoms with Gasteiger partial charge in [-0.3, -0.25) is 0 Å². The number of rotatable bonds is 5. The third-order valence-corrected chi connectivity index (χ3v) is 4.15. The van der Waals surface area contributed by atoms with Gasteiger partial charge in [0.25, 0.3) is 0 Å². The van der Waals surface area contributed by atoms with Gasteiger partial charge in [0, 0.05) is 6.04 Å². The second kappa shape index (κ2) is 6.31. The largest absolute Gasteiger partial charge is 0.494 e. The SMILES string of the molecule is CCNC1CCc2cc(-c3cccc(OCC)c3)ccc21. The van der Waals surface area contributed by atoms with Gasteiger partial charge in [0.15, 0.2) is 0 Å². The number of hydrogen-bond donors (Lipinski definition) is 1. The van der Waals surface area contributed by atoms with Gasteiger partial charge < -0.3 is 10.1 Å². The lowest BCUT2D eigenvalue weighted by Gasteiger charge is -2.13. The second-order valence-corrected chi connectivity index (χ2v) is 5.52. The molecule has 0 aromatic heterocycles. The number of nitrogens with one attached hydrogen (secondary N) is 1. The average Bonchev–Trinajstić information content (AvgIpc) is 2.91. The van der Waals surface area contributed by atoms with Crippen LogP contribution >= 0.6 is 0 Å². The van der Waals surface area contributed by atoms with Crippen LogP contribution < -0.4 is 10.1 Å². The Balaban J connectivity index is 1.89. The molecule has 110 valence electrons. The van der Waals surface area contributed by atoms with Crippen LogP contribution in [0.25, 0.3) is 11.1 Å². The Morgan fingerprint density at radius 2 is 1.95 bits per heavy atom. The first-order valence-electron chi connectivity index (χ1n) is 7.91. The van der Waals surface area contributed by atoms with Crippen molar-refractivity contribution in [1.29, 1.82) is 0 Å². The zero-order chi connectivity index (χ0) is 14.7. The van der Waals surface area contributed by atoms with Crippen LogP contribution in [0.2, 0.25) is 0 Å². The number of aryl methyl sites for hydroxylation is 1. The third kappa shape index (κ3) is 2.96. The van der Waals surface area contributed by atoms with E-state index in [1.807, 2.05) is 13.0 Å². The lowest BCUT2D eigenvalue weighted by atomic mass is 9.99. The lowest BCUT2D eigenvalue weighted by Crippen LogP contribution is -2.18. The third-order valence-electron chi connectivity index (χ3n) is 4.15. The number of fused-ring (bicyclic) bond motifs is 1. The van der Waals surface area contributed by atoms with E-state index >= 15 is 0 Å².